The first-order valence-electron chi connectivity index (χ1n) is 8.25. The van der Waals surface area contributed by atoms with Gasteiger partial charge in [0.25, 0.3) is 11.6 Å². The van der Waals surface area contributed by atoms with Crippen molar-refractivity contribution in [3.8, 4) is 0 Å². The largest absolute Gasteiger partial charge is 0.452 e. The van der Waals surface area contributed by atoms with Crippen molar-refractivity contribution in [2.75, 3.05) is 38.7 Å². The highest BCUT2D eigenvalue weighted by molar-refractivity contribution is 5.93. The Kier molecular flexibility index (Phi) is 6.14. The zero-order chi connectivity index (χ0) is 19.4. The van der Waals surface area contributed by atoms with E-state index in [1.807, 2.05) is 13.8 Å². The fourth-order valence-corrected chi connectivity index (χ4v) is 2.86. The number of nitro groups is 1. The lowest BCUT2D eigenvalue weighted by molar-refractivity contribution is -0.384. The third-order valence-corrected chi connectivity index (χ3v) is 3.99. The van der Waals surface area contributed by atoms with Crippen molar-refractivity contribution in [1.82, 2.24) is 4.90 Å². The maximum absolute atomic E-state index is 12.2. The Bertz CT molecular complexity index is 696. The molecule has 0 unspecified atom stereocenters. The molecule has 1 aliphatic heterocycles. The molecule has 1 amide bonds. The molecule has 9 heteroatoms. The number of ether oxygens (including phenoxy) is 2. The number of carbonyl (C=O) groups is 2. The highest BCUT2D eigenvalue weighted by Crippen LogP contribution is 2.28. The Labute approximate surface area is 151 Å². The van der Waals surface area contributed by atoms with Crippen molar-refractivity contribution >= 4 is 23.3 Å². The number of rotatable bonds is 5. The Morgan fingerprint density at radius 3 is 2.46 bits per heavy atom. The van der Waals surface area contributed by atoms with Gasteiger partial charge in [0.1, 0.15) is 5.69 Å². The molecule has 26 heavy (non-hydrogen) atoms. The highest BCUT2D eigenvalue weighted by Gasteiger charge is 2.27. The molecule has 0 N–H and O–H groups in total. The normalized spacial score (nSPS) is 19.8. The van der Waals surface area contributed by atoms with E-state index >= 15 is 0 Å². The van der Waals surface area contributed by atoms with E-state index in [2.05, 4.69) is 0 Å². The van der Waals surface area contributed by atoms with Crippen LogP contribution in [0.25, 0.3) is 0 Å². The van der Waals surface area contributed by atoms with Gasteiger partial charge in [-0.25, -0.2) is 4.79 Å². The molecule has 0 saturated carbocycles. The number of morpholine rings is 1. The molecular weight excluding hydrogens is 342 g/mol. The van der Waals surface area contributed by atoms with Crippen molar-refractivity contribution in [2.24, 2.45) is 0 Å². The molecule has 142 valence electrons. The molecule has 1 heterocycles. The number of amides is 1. The van der Waals surface area contributed by atoms with E-state index in [0.717, 1.165) is 6.07 Å². The third-order valence-electron chi connectivity index (χ3n) is 3.99. The summed E-state index contributed by atoms with van der Waals surface area (Å²) in [4.78, 5) is 38.2. The molecule has 2 rings (SSSR count). The third kappa shape index (κ3) is 4.69. The lowest BCUT2D eigenvalue weighted by atomic mass is 10.1. The van der Waals surface area contributed by atoms with Gasteiger partial charge in [-0.1, -0.05) is 0 Å². The van der Waals surface area contributed by atoms with Gasteiger partial charge in [0.2, 0.25) is 0 Å². The lowest BCUT2D eigenvalue weighted by Crippen LogP contribution is -2.49. The lowest BCUT2D eigenvalue weighted by Gasteiger charge is -2.35. The number of nitrogens with zero attached hydrogens (tertiary/aromatic N) is 3. The zero-order valence-electron chi connectivity index (χ0n) is 15.3. The molecule has 0 radical (unpaired) electrons. The molecule has 1 saturated heterocycles. The molecule has 1 aromatic rings. The van der Waals surface area contributed by atoms with Crippen LogP contribution in [0.4, 0.5) is 11.4 Å². The number of nitro benzene ring substituents is 1. The second kappa shape index (κ2) is 8.13. The maximum atomic E-state index is 12.2. The van der Waals surface area contributed by atoms with Crippen LogP contribution >= 0.6 is 0 Å². The molecule has 0 spiro atoms. The summed E-state index contributed by atoms with van der Waals surface area (Å²) in [5, 5.41) is 11.2. The van der Waals surface area contributed by atoms with Crippen LogP contribution in [0.3, 0.4) is 0 Å². The fourth-order valence-electron chi connectivity index (χ4n) is 2.86. The van der Waals surface area contributed by atoms with Crippen molar-refractivity contribution in [3.63, 3.8) is 0 Å². The summed E-state index contributed by atoms with van der Waals surface area (Å²) in [6, 6.07) is 4.07. The van der Waals surface area contributed by atoms with E-state index in [1.165, 1.54) is 12.1 Å². The Balaban J connectivity index is 2.02. The second-order valence-corrected chi connectivity index (χ2v) is 6.49. The van der Waals surface area contributed by atoms with E-state index in [0.29, 0.717) is 18.8 Å². The van der Waals surface area contributed by atoms with Gasteiger partial charge in [0.15, 0.2) is 6.61 Å². The van der Waals surface area contributed by atoms with Crippen LogP contribution < -0.4 is 4.90 Å². The Morgan fingerprint density at radius 1 is 1.31 bits per heavy atom. The molecule has 2 atom stereocenters. The minimum atomic E-state index is -0.777. The minimum absolute atomic E-state index is 0.0267. The van der Waals surface area contributed by atoms with Crippen LogP contribution in [-0.2, 0) is 14.3 Å². The summed E-state index contributed by atoms with van der Waals surface area (Å²) in [6.07, 6.45) is -0.167. The highest BCUT2D eigenvalue weighted by atomic mass is 16.6. The molecule has 1 aromatic carbocycles. The van der Waals surface area contributed by atoms with E-state index in [9.17, 15) is 19.7 Å². The number of hydrogen-bond donors (Lipinski definition) is 0. The summed E-state index contributed by atoms with van der Waals surface area (Å²) in [6.45, 7) is 4.19. The van der Waals surface area contributed by atoms with Crippen LogP contribution in [-0.4, -0.2) is 67.7 Å². The van der Waals surface area contributed by atoms with E-state index < -0.39 is 17.5 Å². The molecule has 1 aliphatic rings. The van der Waals surface area contributed by atoms with Gasteiger partial charge in [-0.3, -0.25) is 14.9 Å². The number of anilines is 1. The van der Waals surface area contributed by atoms with Crippen molar-refractivity contribution in [3.05, 3.63) is 33.9 Å². The average Bonchev–Trinajstić information content (AvgIpc) is 2.57. The standard InChI is InChI=1S/C17H23N3O6/c1-11-8-19(9-12(2)26-11)16(21)10-25-17(22)13-5-6-14(18(3)4)15(7-13)20(23)24/h5-7,11-12H,8-10H2,1-4H3/t11-,12+. The summed E-state index contributed by atoms with van der Waals surface area (Å²) >= 11 is 0. The first-order chi connectivity index (χ1) is 12.2. The van der Waals surface area contributed by atoms with Gasteiger partial charge in [0.05, 0.1) is 22.7 Å². The molecule has 9 nitrogen and oxygen atoms in total. The summed E-state index contributed by atoms with van der Waals surface area (Å²) < 4.78 is 10.6. The quantitative estimate of drug-likeness (QED) is 0.442. The van der Waals surface area contributed by atoms with Crippen molar-refractivity contribution in [1.29, 1.82) is 0 Å². The van der Waals surface area contributed by atoms with Crippen LogP contribution in [0.2, 0.25) is 0 Å². The van der Waals surface area contributed by atoms with Gasteiger partial charge in [-0.05, 0) is 26.0 Å². The molecule has 0 aliphatic carbocycles. The molecular formula is C17H23N3O6. The van der Waals surface area contributed by atoms with Crippen LogP contribution in [0.15, 0.2) is 18.2 Å². The predicted molar refractivity (Wildman–Crippen MR) is 94.3 cm³/mol. The monoisotopic (exact) mass is 365 g/mol. The summed E-state index contributed by atoms with van der Waals surface area (Å²) in [5.41, 5.74) is 0.198. The minimum Gasteiger partial charge on any atom is -0.452 e. The molecule has 0 aromatic heterocycles. The first kappa shape index (κ1) is 19.6. The second-order valence-electron chi connectivity index (χ2n) is 6.49. The summed E-state index contributed by atoms with van der Waals surface area (Å²) in [7, 11) is 3.34. The zero-order valence-corrected chi connectivity index (χ0v) is 15.3. The van der Waals surface area contributed by atoms with Gasteiger partial charge in [-0.2, -0.15) is 0 Å². The Morgan fingerprint density at radius 2 is 1.92 bits per heavy atom. The predicted octanol–water partition coefficient (Wildman–Crippen LogP) is 1.45. The van der Waals surface area contributed by atoms with Gasteiger partial charge in [0, 0.05) is 33.3 Å². The van der Waals surface area contributed by atoms with Crippen molar-refractivity contribution in [2.45, 2.75) is 26.1 Å². The van der Waals surface area contributed by atoms with Crippen LogP contribution in [0.1, 0.15) is 24.2 Å². The van der Waals surface area contributed by atoms with Gasteiger partial charge in [-0.15, -0.1) is 0 Å². The first-order valence-corrected chi connectivity index (χ1v) is 8.25. The van der Waals surface area contributed by atoms with Crippen molar-refractivity contribution < 1.29 is 24.0 Å². The SMILES string of the molecule is C[C@@H]1CN(C(=O)COC(=O)c2ccc(N(C)C)c([N+](=O)[O-])c2)C[C@H](C)O1. The smallest absolute Gasteiger partial charge is 0.338 e. The van der Waals surface area contributed by atoms with Gasteiger partial charge < -0.3 is 19.3 Å². The topological polar surface area (TPSA) is 102 Å². The fraction of sp³-hybridized carbons (Fsp3) is 0.529. The van der Waals surface area contributed by atoms with Crippen LogP contribution in [0, 0.1) is 10.1 Å². The number of esters is 1. The number of benzene rings is 1. The molecule has 0 bridgehead atoms. The van der Waals surface area contributed by atoms with E-state index in [4.69, 9.17) is 9.47 Å². The Hall–Kier alpha value is -2.68. The molecule has 1 fully saturated rings. The number of carbonyl (C=O) groups excluding carboxylic acids is 2. The van der Waals surface area contributed by atoms with E-state index in [1.54, 1.807) is 23.9 Å². The maximum Gasteiger partial charge on any atom is 0.338 e. The number of hydrogen-bond acceptors (Lipinski definition) is 7. The van der Waals surface area contributed by atoms with E-state index in [-0.39, 0.29) is 29.4 Å². The van der Waals surface area contributed by atoms with Crippen LogP contribution in [0.5, 0.6) is 0 Å². The summed E-state index contributed by atoms with van der Waals surface area (Å²) in [5.74, 6) is -1.10. The average molecular weight is 365 g/mol. The van der Waals surface area contributed by atoms with Gasteiger partial charge >= 0.3 is 5.97 Å².